The van der Waals surface area contributed by atoms with Crippen LogP contribution in [0.1, 0.15) is 11.6 Å². The molecule has 1 aliphatic rings. The lowest BCUT2D eigenvalue weighted by molar-refractivity contribution is -0.116. The van der Waals surface area contributed by atoms with Crippen molar-refractivity contribution in [1.82, 2.24) is 0 Å². The van der Waals surface area contributed by atoms with Crippen LogP contribution in [0, 0.1) is 0 Å². The van der Waals surface area contributed by atoms with Gasteiger partial charge in [0.1, 0.15) is 6.04 Å². The van der Waals surface area contributed by atoms with Crippen molar-refractivity contribution in [1.29, 1.82) is 0 Å². The van der Waals surface area contributed by atoms with Crippen LogP contribution in [0.25, 0.3) is 10.1 Å². The second-order valence-corrected chi connectivity index (χ2v) is 6.36. The number of hydrogen-bond acceptors (Lipinski definition) is 3. The Hall–Kier alpha value is -2.04. The molecule has 1 aliphatic heterocycles. The van der Waals surface area contributed by atoms with Gasteiger partial charge in [-0.1, -0.05) is 11.6 Å². The molecule has 5 heteroatoms. The number of rotatable bonds is 2. The molecule has 2 heterocycles. The number of halogens is 1. The van der Waals surface area contributed by atoms with Gasteiger partial charge in [0.15, 0.2) is 0 Å². The minimum Gasteiger partial charge on any atom is -0.370 e. The molecule has 0 saturated heterocycles. The summed E-state index contributed by atoms with van der Waals surface area (Å²) in [6, 6.07) is 13.2. The number of carbonyl (C=O) groups excluding carboxylic acids is 1. The number of nitrogens with one attached hydrogen (secondary N) is 2. The van der Waals surface area contributed by atoms with E-state index in [0.29, 0.717) is 5.02 Å². The highest BCUT2D eigenvalue weighted by molar-refractivity contribution is 7.17. The lowest BCUT2D eigenvalue weighted by Crippen LogP contribution is -2.19. The fraction of sp³-hybridized carbons (Fsp3) is 0.0625. The van der Waals surface area contributed by atoms with Gasteiger partial charge in [0.25, 0.3) is 5.91 Å². The molecule has 1 amide bonds. The number of hydrogen-bond donors (Lipinski definition) is 2. The zero-order valence-electron chi connectivity index (χ0n) is 10.9. The number of carbonyl (C=O) groups is 1. The molecule has 0 spiro atoms. The first-order chi connectivity index (χ1) is 10.2. The lowest BCUT2D eigenvalue weighted by atomic mass is 10.1. The molecule has 104 valence electrons. The fourth-order valence-corrected chi connectivity index (χ4v) is 3.55. The van der Waals surface area contributed by atoms with E-state index >= 15 is 0 Å². The summed E-state index contributed by atoms with van der Waals surface area (Å²) in [6.45, 7) is 0. The third-order valence-electron chi connectivity index (χ3n) is 3.61. The maximum atomic E-state index is 12.1. The van der Waals surface area contributed by atoms with E-state index in [0.717, 1.165) is 16.9 Å². The van der Waals surface area contributed by atoms with Crippen LogP contribution < -0.4 is 10.6 Å². The van der Waals surface area contributed by atoms with E-state index in [1.807, 2.05) is 18.2 Å². The molecule has 4 rings (SSSR count). The monoisotopic (exact) mass is 314 g/mol. The van der Waals surface area contributed by atoms with E-state index in [1.165, 1.54) is 10.1 Å². The molecule has 0 bridgehead atoms. The fourth-order valence-electron chi connectivity index (χ4n) is 2.60. The zero-order valence-corrected chi connectivity index (χ0v) is 12.5. The van der Waals surface area contributed by atoms with Gasteiger partial charge in [0, 0.05) is 26.7 Å². The highest BCUT2D eigenvalue weighted by Gasteiger charge is 2.30. The van der Waals surface area contributed by atoms with Crippen molar-refractivity contribution in [2.45, 2.75) is 6.04 Å². The molecule has 2 aromatic carbocycles. The van der Waals surface area contributed by atoms with Gasteiger partial charge < -0.3 is 10.6 Å². The first kappa shape index (κ1) is 12.7. The molecular weight excluding hydrogens is 304 g/mol. The Bertz CT molecular complexity index is 858. The van der Waals surface area contributed by atoms with Crippen molar-refractivity contribution in [2.75, 3.05) is 10.6 Å². The predicted octanol–water partition coefficient (Wildman–Crippen LogP) is 4.66. The van der Waals surface area contributed by atoms with E-state index < -0.39 is 6.04 Å². The summed E-state index contributed by atoms with van der Waals surface area (Å²) in [6.07, 6.45) is 0. The SMILES string of the molecule is O=C1Nc2ccc(Cl)cc2C1Nc1ccc2sccc2c1. The Balaban J connectivity index is 1.70. The van der Waals surface area contributed by atoms with E-state index in [2.05, 4.69) is 34.2 Å². The predicted molar refractivity (Wildman–Crippen MR) is 88.3 cm³/mol. The van der Waals surface area contributed by atoms with Gasteiger partial charge in [-0.05, 0) is 53.2 Å². The van der Waals surface area contributed by atoms with Crippen LogP contribution in [0.5, 0.6) is 0 Å². The summed E-state index contributed by atoms with van der Waals surface area (Å²) in [5.74, 6) is -0.0577. The zero-order chi connectivity index (χ0) is 14.4. The van der Waals surface area contributed by atoms with Gasteiger partial charge in [-0.25, -0.2) is 0 Å². The highest BCUT2D eigenvalue weighted by Crippen LogP contribution is 2.35. The van der Waals surface area contributed by atoms with Crippen molar-refractivity contribution in [3.05, 3.63) is 58.4 Å². The van der Waals surface area contributed by atoms with Gasteiger partial charge in [0.2, 0.25) is 0 Å². The summed E-state index contributed by atoms with van der Waals surface area (Å²) in [5.41, 5.74) is 2.63. The summed E-state index contributed by atoms with van der Waals surface area (Å²) < 4.78 is 1.24. The van der Waals surface area contributed by atoms with Crippen LogP contribution in [0.15, 0.2) is 47.8 Å². The van der Waals surface area contributed by atoms with E-state index in [-0.39, 0.29) is 5.91 Å². The third-order valence-corrected chi connectivity index (χ3v) is 4.74. The first-order valence-corrected chi connectivity index (χ1v) is 7.80. The second kappa shape index (κ2) is 4.76. The largest absolute Gasteiger partial charge is 0.370 e. The third kappa shape index (κ3) is 2.17. The van der Waals surface area contributed by atoms with Crippen LogP contribution in [0.3, 0.4) is 0 Å². The summed E-state index contributed by atoms with van der Waals surface area (Å²) >= 11 is 7.74. The van der Waals surface area contributed by atoms with E-state index in [9.17, 15) is 4.79 Å². The maximum absolute atomic E-state index is 12.1. The van der Waals surface area contributed by atoms with Crippen LogP contribution in [-0.2, 0) is 4.79 Å². The quantitative estimate of drug-likeness (QED) is 0.722. The Kier molecular flexibility index (Phi) is 2.87. The number of fused-ring (bicyclic) bond motifs is 2. The minimum absolute atomic E-state index is 0.0577. The lowest BCUT2D eigenvalue weighted by Gasteiger charge is -2.13. The van der Waals surface area contributed by atoms with Crippen molar-refractivity contribution < 1.29 is 4.79 Å². The molecule has 0 fully saturated rings. The molecule has 3 aromatic rings. The van der Waals surface area contributed by atoms with Crippen LogP contribution in [0.4, 0.5) is 11.4 Å². The molecule has 1 atom stereocenters. The normalized spacial score (nSPS) is 16.8. The van der Waals surface area contributed by atoms with Crippen LogP contribution >= 0.6 is 22.9 Å². The average Bonchev–Trinajstić information content (AvgIpc) is 3.04. The number of benzene rings is 2. The molecule has 0 aliphatic carbocycles. The van der Waals surface area contributed by atoms with Crippen molar-refractivity contribution in [3.8, 4) is 0 Å². The van der Waals surface area contributed by atoms with Gasteiger partial charge in [-0.3, -0.25) is 4.79 Å². The van der Waals surface area contributed by atoms with Crippen LogP contribution in [-0.4, -0.2) is 5.91 Å². The van der Waals surface area contributed by atoms with Crippen molar-refractivity contribution in [3.63, 3.8) is 0 Å². The van der Waals surface area contributed by atoms with Gasteiger partial charge >= 0.3 is 0 Å². The number of amides is 1. The molecule has 3 nitrogen and oxygen atoms in total. The molecule has 0 saturated carbocycles. The first-order valence-electron chi connectivity index (χ1n) is 6.55. The number of anilines is 2. The smallest absolute Gasteiger partial charge is 0.251 e. The molecule has 2 N–H and O–H groups in total. The molecule has 1 aromatic heterocycles. The highest BCUT2D eigenvalue weighted by atomic mass is 35.5. The Morgan fingerprint density at radius 1 is 1.14 bits per heavy atom. The molecule has 21 heavy (non-hydrogen) atoms. The van der Waals surface area contributed by atoms with Crippen LogP contribution in [0.2, 0.25) is 5.02 Å². The Labute approximate surface area is 130 Å². The molecular formula is C16H11ClN2OS. The van der Waals surface area contributed by atoms with E-state index in [1.54, 1.807) is 17.4 Å². The standard InChI is InChI=1S/C16H11ClN2OS/c17-10-1-3-13-12(8-10)15(16(20)19-13)18-11-2-4-14-9(7-11)5-6-21-14/h1-8,15,18H,(H,19,20). The second-order valence-electron chi connectivity index (χ2n) is 4.97. The Morgan fingerprint density at radius 2 is 2.05 bits per heavy atom. The summed E-state index contributed by atoms with van der Waals surface area (Å²) in [5, 5.41) is 10.0. The van der Waals surface area contributed by atoms with Gasteiger partial charge in [-0.2, -0.15) is 0 Å². The van der Waals surface area contributed by atoms with Crippen molar-refractivity contribution in [2.24, 2.45) is 0 Å². The average molecular weight is 315 g/mol. The minimum atomic E-state index is -0.408. The Morgan fingerprint density at radius 3 is 2.95 bits per heavy atom. The van der Waals surface area contributed by atoms with E-state index in [4.69, 9.17) is 11.6 Å². The van der Waals surface area contributed by atoms with Crippen molar-refractivity contribution >= 4 is 50.3 Å². The topological polar surface area (TPSA) is 41.1 Å². The molecule has 0 radical (unpaired) electrons. The number of thiophene rings is 1. The molecule has 1 unspecified atom stereocenters. The summed E-state index contributed by atoms with van der Waals surface area (Å²) in [4.78, 5) is 12.1. The van der Waals surface area contributed by atoms with Gasteiger partial charge in [0.05, 0.1) is 0 Å². The maximum Gasteiger partial charge on any atom is 0.251 e. The summed E-state index contributed by atoms with van der Waals surface area (Å²) in [7, 11) is 0. The van der Waals surface area contributed by atoms with Gasteiger partial charge in [-0.15, -0.1) is 11.3 Å².